The third-order valence-electron chi connectivity index (χ3n) is 5.69. The van der Waals surface area contributed by atoms with Gasteiger partial charge in [0.05, 0.1) is 12.7 Å². The van der Waals surface area contributed by atoms with Gasteiger partial charge >= 0.3 is 0 Å². The van der Waals surface area contributed by atoms with Gasteiger partial charge in [0.15, 0.2) is 0 Å². The van der Waals surface area contributed by atoms with Crippen molar-refractivity contribution in [2.24, 2.45) is 0 Å². The summed E-state index contributed by atoms with van der Waals surface area (Å²) >= 11 is 6.04. The SMILES string of the molecule is C[C@H]1CN(C2CCN(c3ncnc(N)n3)CC2)[C@@H](Cc2ccc(Cl)cc2)CO1. The molecule has 2 saturated heterocycles. The summed E-state index contributed by atoms with van der Waals surface area (Å²) in [5.74, 6) is 0.955. The summed E-state index contributed by atoms with van der Waals surface area (Å²) in [5.41, 5.74) is 7.01. The Bertz CT molecular complexity index is 781. The Balaban J connectivity index is 1.41. The number of piperidine rings is 1. The Morgan fingerprint density at radius 3 is 2.64 bits per heavy atom. The number of benzene rings is 1. The van der Waals surface area contributed by atoms with Gasteiger partial charge < -0.3 is 15.4 Å². The topological polar surface area (TPSA) is 80.4 Å². The molecule has 3 heterocycles. The van der Waals surface area contributed by atoms with Crippen molar-refractivity contribution in [3.05, 3.63) is 41.2 Å². The summed E-state index contributed by atoms with van der Waals surface area (Å²) in [4.78, 5) is 17.3. The summed E-state index contributed by atoms with van der Waals surface area (Å²) in [6, 6.07) is 9.10. The first-order valence-corrected chi connectivity index (χ1v) is 10.3. The molecule has 8 heteroatoms. The van der Waals surface area contributed by atoms with Gasteiger partial charge in [0.1, 0.15) is 6.33 Å². The zero-order valence-electron chi connectivity index (χ0n) is 16.2. The lowest BCUT2D eigenvalue weighted by atomic mass is 9.96. The minimum Gasteiger partial charge on any atom is -0.376 e. The molecule has 150 valence electrons. The third-order valence-corrected chi connectivity index (χ3v) is 5.94. The average molecular weight is 403 g/mol. The molecule has 0 aliphatic carbocycles. The van der Waals surface area contributed by atoms with Crippen LogP contribution in [0.25, 0.3) is 0 Å². The summed E-state index contributed by atoms with van der Waals surface area (Å²) < 4.78 is 5.99. The normalized spacial score (nSPS) is 24.4. The van der Waals surface area contributed by atoms with E-state index in [1.807, 2.05) is 12.1 Å². The van der Waals surface area contributed by atoms with Crippen LogP contribution in [0.3, 0.4) is 0 Å². The van der Waals surface area contributed by atoms with E-state index in [2.05, 4.69) is 43.8 Å². The van der Waals surface area contributed by atoms with Gasteiger partial charge in [-0.15, -0.1) is 0 Å². The number of hydrogen-bond donors (Lipinski definition) is 1. The van der Waals surface area contributed by atoms with E-state index >= 15 is 0 Å². The molecule has 0 radical (unpaired) electrons. The molecule has 2 atom stereocenters. The number of aromatic nitrogens is 3. The number of nitrogen functional groups attached to an aromatic ring is 1. The predicted molar refractivity (Wildman–Crippen MR) is 111 cm³/mol. The molecule has 0 saturated carbocycles. The fourth-order valence-corrected chi connectivity index (χ4v) is 4.36. The van der Waals surface area contributed by atoms with Gasteiger partial charge in [-0.1, -0.05) is 23.7 Å². The molecular weight excluding hydrogens is 376 g/mol. The summed E-state index contributed by atoms with van der Waals surface area (Å²) in [6.07, 6.45) is 4.89. The molecule has 1 aromatic heterocycles. The quantitative estimate of drug-likeness (QED) is 0.840. The van der Waals surface area contributed by atoms with Crippen molar-refractivity contribution < 1.29 is 4.74 Å². The smallest absolute Gasteiger partial charge is 0.230 e. The first kappa shape index (κ1) is 19.4. The molecule has 0 bridgehead atoms. The monoisotopic (exact) mass is 402 g/mol. The van der Waals surface area contributed by atoms with Gasteiger partial charge in [-0.2, -0.15) is 4.98 Å². The van der Waals surface area contributed by atoms with Gasteiger partial charge in [-0.05, 0) is 43.9 Å². The van der Waals surface area contributed by atoms with Crippen molar-refractivity contribution >= 4 is 23.5 Å². The van der Waals surface area contributed by atoms with Crippen molar-refractivity contribution in [2.45, 2.75) is 44.4 Å². The average Bonchev–Trinajstić information content (AvgIpc) is 2.71. The fraction of sp³-hybridized carbons (Fsp3) is 0.550. The van der Waals surface area contributed by atoms with E-state index in [9.17, 15) is 0 Å². The maximum absolute atomic E-state index is 6.04. The Hall–Kier alpha value is -1.96. The van der Waals surface area contributed by atoms with Gasteiger partial charge in [-0.3, -0.25) is 4.90 Å². The van der Waals surface area contributed by atoms with Crippen LogP contribution in [0.2, 0.25) is 5.02 Å². The van der Waals surface area contributed by atoms with Crippen LogP contribution in [0.4, 0.5) is 11.9 Å². The van der Waals surface area contributed by atoms with Crippen LogP contribution in [0.1, 0.15) is 25.3 Å². The van der Waals surface area contributed by atoms with E-state index in [1.165, 1.54) is 11.9 Å². The summed E-state index contributed by atoms with van der Waals surface area (Å²) in [5, 5.41) is 0.778. The van der Waals surface area contributed by atoms with Crippen molar-refractivity contribution in [1.82, 2.24) is 19.9 Å². The molecule has 2 fully saturated rings. The number of rotatable bonds is 4. The van der Waals surface area contributed by atoms with E-state index in [0.29, 0.717) is 18.0 Å². The molecular formula is C20H27ClN6O. The lowest BCUT2D eigenvalue weighted by Crippen LogP contribution is -2.56. The largest absolute Gasteiger partial charge is 0.376 e. The first-order chi connectivity index (χ1) is 13.6. The molecule has 0 unspecified atom stereocenters. The summed E-state index contributed by atoms with van der Waals surface area (Å²) in [6.45, 7) is 5.75. The van der Waals surface area contributed by atoms with Crippen molar-refractivity contribution in [3.8, 4) is 0 Å². The highest BCUT2D eigenvalue weighted by Gasteiger charge is 2.34. The molecule has 4 rings (SSSR count). The van der Waals surface area contributed by atoms with Crippen LogP contribution < -0.4 is 10.6 Å². The predicted octanol–water partition coefficient (Wildman–Crippen LogP) is 2.41. The van der Waals surface area contributed by atoms with Crippen molar-refractivity contribution in [3.63, 3.8) is 0 Å². The number of ether oxygens (including phenoxy) is 1. The Morgan fingerprint density at radius 1 is 1.18 bits per heavy atom. The standard InChI is InChI=1S/C20H27ClN6O/c1-14-11-27(18(12-28-14)10-15-2-4-16(21)5-3-15)17-6-8-26(9-7-17)20-24-13-23-19(22)25-20/h2-5,13-14,17-18H,6-12H2,1H3,(H2,22,23,24,25)/t14-,18-/m0/s1. The lowest BCUT2D eigenvalue weighted by Gasteiger charge is -2.46. The Morgan fingerprint density at radius 2 is 1.93 bits per heavy atom. The van der Waals surface area contributed by atoms with E-state index in [4.69, 9.17) is 22.1 Å². The first-order valence-electron chi connectivity index (χ1n) is 9.90. The van der Waals surface area contributed by atoms with Gasteiger partial charge in [0.2, 0.25) is 11.9 Å². The van der Waals surface area contributed by atoms with Crippen molar-refractivity contribution in [2.75, 3.05) is 36.9 Å². The molecule has 28 heavy (non-hydrogen) atoms. The number of anilines is 2. The van der Waals surface area contributed by atoms with Gasteiger partial charge in [0, 0.05) is 36.7 Å². The van der Waals surface area contributed by atoms with Crippen LogP contribution in [0, 0.1) is 0 Å². The van der Waals surface area contributed by atoms with Crippen LogP contribution in [0.15, 0.2) is 30.6 Å². The second-order valence-electron chi connectivity index (χ2n) is 7.69. The van der Waals surface area contributed by atoms with E-state index in [0.717, 1.165) is 50.5 Å². The number of nitrogens with two attached hydrogens (primary N) is 1. The number of hydrogen-bond acceptors (Lipinski definition) is 7. The molecule has 2 N–H and O–H groups in total. The van der Waals surface area contributed by atoms with E-state index < -0.39 is 0 Å². The van der Waals surface area contributed by atoms with Crippen LogP contribution in [-0.2, 0) is 11.2 Å². The van der Waals surface area contributed by atoms with Crippen LogP contribution in [0.5, 0.6) is 0 Å². The molecule has 0 amide bonds. The van der Waals surface area contributed by atoms with Gasteiger partial charge in [0.25, 0.3) is 0 Å². The zero-order chi connectivity index (χ0) is 19.5. The van der Waals surface area contributed by atoms with Crippen LogP contribution >= 0.6 is 11.6 Å². The third kappa shape index (κ3) is 4.54. The van der Waals surface area contributed by atoms with Crippen molar-refractivity contribution in [1.29, 1.82) is 0 Å². The second kappa shape index (κ2) is 8.59. The summed E-state index contributed by atoms with van der Waals surface area (Å²) in [7, 11) is 0. The molecule has 2 aliphatic heterocycles. The maximum Gasteiger partial charge on any atom is 0.230 e. The zero-order valence-corrected chi connectivity index (χ0v) is 16.9. The fourth-order valence-electron chi connectivity index (χ4n) is 4.24. The maximum atomic E-state index is 6.04. The molecule has 2 aromatic rings. The number of morpholine rings is 1. The molecule has 2 aliphatic rings. The highest BCUT2D eigenvalue weighted by atomic mass is 35.5. The van der Waals surface area contributed by atoms with E-state index in [-0.39, 0.29) is 12.1 Å². The molecule has 0 spiro atoms. The number of nitrogens with zero attached hydrogens (tertiary/aromatic N) is 5. The highest BCUT2D eigenvalue weighted by Crippen LogP contribution is 2.26. The highest BCUT2D eigenvalue weighted by molar-refractivity contribution is 6.30. The molecule has 1 aromatic carbocycles. The van der Waals surface area contributed by atoms with E-state index in [1.54, 1.807) is 0 Å². The lowest BCUT2D eigenvalue weighted by molar-refractivity contribution is -0.0745. The second-order valence-corrected chi connectivity index (χ2v) is 8.12. The Kier molecular flexibility index (Phi) is 5.94. The minimum absolute atomic E-state index is 0.267. The van der Waals surface area contributed by atoms with Gasteiger partial charge in [-0.25, -0.2) is 9.97 Å². The Labute approximate surface area is 170 Å². The molecule has 7 nitrogen and oxygen atoms in total. The van der Waals surface area contributed by atoms with Crippen LogP contribution in [-0.4, -0.2) is 64.3 Å². The minimum atomic E-state index is 0.267. The number of halogens is 1.